The van der Waals surface area contributed by atoms with Crippen molar-refractivity contribution in [2.75, 3.05) is 0 Å². The van der Waals surface area contributed by atoms with Crippen LogP contribution in [-0.4, -0.2) is 11.9 Å². The summed E-state index contributed by atoms with van der Waals surface area (Å²) in [6.07, 6.45) is 0. The van der Waals surface area contributed by atoms with Crippen molar-refractivity contribution in [1.29, 1.82) is 5.53 Å². The SMILES string of the molecule is N=Nc1ccccc1Oc1ccc2c3c(cccc13)C(=O)OC2=O. The first kappa shape index (κ1) is 14.1. The first-order valence-electron chi connectivity index (χ1n) is 7.15. The number of esters is 2. The number of nitrogens with one attached hydrogen (secondary N) is 1. The number of cyclic esters (lactones) is 2. The van der Waals surface area contributed by atoms with Gasteiger partial charge in [-0.25, -0.2) is 15.1 Å². The van der Waals surface area contributed by atoms with Crippen molar-refractivity contribution in [2.45, 2.75) is 0 Å². The lowest BCUT2D eigenvalue weighted by Crippen LogP contribution is -2.19. The number of nitrogens with zero attached hydrogens (tertiary/aromatic N) is 1. The van der Waals surface area contributed by atoms with E-state index in [9.17, 15) is 9.59 Å². The van der Waals surface area contributed by atoms with Gasteiger partial charge in [0, 0.05) is 10.8 Å². The lowest BCUT2D eigenvalue weighted by molar-refractivity contribution is 0.0391. The van der Waals surface area contributed by atoms with Crippen LogP contribution < -0.4 is 4.74 Å². The molecule has 0 bridgehead atoms. The number of benzene rings is 3. The van der Waals surface area contributed by atoms with Gasteiger partial charge in [0.25, 0.3) is 0 Å². The highest BCUT2D eigenvalue weighted by atomic mass is 16.6. The largest absolute Gasteiger partial charge is 0.454 e. The molecular formula is C18H10N2O4. The third-order valence-corrected chi connectivity index (χ3v) is 3.83. The topological polar surface area (TPSA) is 88.8 Å². The van der Waals surface area contributed by atoms with E-state index >= 15 is 0 Å². The molecule has 0 amide bonds. The number of ether oxygens (including phenoxy) is 2. The van der Waals surface area contributed by atoms with Gasteiger partial charge in [-0.15, -0.1) is 0 Å². The molecular weight excluding hydrogens is 308 g/mol. The summed E-state index contributed by atoms with van der Waals surface area (Å²) in [4.78, 5) is 23.9. The van der Waals surface area contributed by atoms with Crippen LogP contribution in [0.4, 0.5) is 5.69 Å². The van der Waals surface area contributed by atoms with E-state index in [0.717, 1.165) is 0 Å². The van der Waals surface area contributed by atoms with Gasteiger partial charge >= 0.3 is 11.9 Å². The maximum atomic E-state index is 11.9. The first-order chi connectivity index (χ1) is 11.7. The van der Waals surface area contributed by atoms with Crippen molar-refractivity contribution >= 4 is 28.4 Å². The van der Waals surface area contributed by atoms with Gasteiger partial charge in [0.1, 0.15) is 11.4 Å². The van der Waals surface area contributed by atoms with Gasteiger partial charge in [-0.05, 0) is 30.3 Å². The minimum absolute atomic E-state index is 0.325. The van der Waals surface area contributed by atoms with E-state index in [0.29, 0.717) is 39.1 Å². The van der Waals surface area contributed by atoms with Crippen molar-refractivity contribution in [3.8, 4) is 11.5 Å². The van der Waals surface area contributed by atoms with E-state index < -0.39 is 11.9 Å². The average molecular weight is 318 g/mol. The monoisotopic (exact) mass is 318 g/mol. The fourth-order valence-electron chi connectivity index (χ4n) is 2.76. The molecule has 0 fully saturated rings. The number of hydrogen-bond acceptors (Lipinski definition) is 6. The second-order valence-electron chi connectivity index (χ2n) is 5.20. The van der Waals surface area contributed by atoms with Crippen LogP contribution in [0.25, 0.3) is 10.8 Å². The predicted octanol–water partition coefficient (Wildman–Crippen LogP) is 4.61. The normalized spacial score (nSPS) is 12.8. The molecule has 3 aromatic carbocycles. The van der Waals surface area contributed by atoms with Crippen LogP contribution >= 0.6 is 0 Å². The summed E-state index contributed by atoms with van der Waals surface area (Å²) in [6.45, 7) is 0. The molecule has 0 atom stereocenters. The highest BCUT2D eigenvalue weighted by Crippen LogP contribution is 2.38. The molecule has 0 spiro atoms. The number of para-hydroxylation sites is 2. The Bertz CT molecular complexity index is 1010. The van der Waals surface area contributed by atoms with Crippen LogP contribution in [0.2, 0.25) is 0 Å². The highest BCUT2D eigenvalue weighted by molar-refractivity contribution is 6.21. The summed E-state index contributed by atoms with van der Waals surface area (Å²) in [5.74, 6) is -0.458. The fraction of sp³-hybridized carbons (Fsp3) is 0. The van der Waals surface area contributed by atoms with Gasteiger partial charge in [-0.3, -0.25) is 0 Å². The number of hydrogen-bond donors (Lipinski definition) is 1. The molecule has 0 unspecified atom stereocenters. The van der Waals surface area contributed by atoms with Crippen LogP contribution in [0, 0.1) is 5.53 Å². The van der Waals surface area contributed by atoms with Crippen molar-refractivity contribution < 1.29 is 19.1 Å². The highest BCUT2D eigenvalue weighted by Gasteiger charge is 2.28. The second kappa shape index (κ2) is 5.27. The van der Waals surface area contributed by atoms with Crippen LogP contribution in [-0.2, 0) is 4.74 Å². The molecule has 0 aromatic heterocycles. The molecule has 4 rings (SSSR count). The van der Waals surface area contributed by atoms with Crippen molar-refractivity contribution in [1.82, 2.24) is 0 Å². The molecule has 1 heterocycles. The van der Waals surface area contributed by atoms with Gasteiger partial charge < -0.3 is 9.47 Å². The molecule has 1 N–H and O–H groups in total. The van der Waals surface area contributed by atoms with E-state index in [1.54, 1.807) is 54.6 Å². The van der Waals surface area contributed by atoms with E-state index in [1.165, 1.54) is 0 Å². The van der Waals surface area contributed by atoms with E-state index in [-0.39, 0.29) is 0 Å². The Labute approximate surface area is 136 Å². The fourth-order valence-corrected chi connectivity index (χ4v) is 2.76. The van der Waals surface area contributed by atoms with E-state index in [1.807, 2.05) is 0 Å². The molecule has 116 valence electrons. The molecule has 0 radical (unpaired) electrons. The molecule has 6 nitrogen and oxygen atoms in total. The van der Waals surface area contributed by atoms with Gasteiger partial charge in [-0.2, -0.15) is 5.11 Å². The number of carbonyl (C=O) groups is 2. The summed E-state index contributed by atoms with van der Waals surface area (Å²) in [5.41, 5.74) is 8.25. The predicted molar refractivity (Wildman–Crippen MR) is 85.0 cm³/mol. The zero-order valence-electron chi connectivity index (χ0n) is 12.3. The van der Waals surface area contributed by atoms with Crippen molar-refractivity contribution in [3.05, 3.63) is 65.7 Å². The quantitative estimate of drug-likeness (QED) is 0.434. The first-order valence-corrected chi connectivity index (χ1v) is 7.15. The summed E-state index contributed by atoms with van der Waals surface area (Å²) in [7, 11) is 0. The Balaban J connectivity index is 1.93. The third kappa shape index (κ3) is 2.04. The Morgan fingerprint density at radius 3 is 2.38 bits per heavy atom. The third-order valence-electron chi connectivity index (χ3n) is 3.83. The molecule has 6 heteroatoms. The Hall–Kier alpha value is -3.54. The lowest BCUT2D eigenvalue weighted by Gasteiger charge is -2.17. The van der Waals surface area contributed by atoms with Gasteiger partial charge in [0.2, 0.25) is 0 Å². The molecule has 0 aliphatic carbocycles. The minimum atomic E-state index is -0.670. The average Bonchev–Trinajstić information content (AvgIpc) is 2.61. The van der Waals surface area contributed by atoms with Gasteiger partial charge in [-0.1, -0.05) is 24.3 Å². The molecule has 0 saturated carbocycles. The smallest absolute Gasteiger partial charge is 0.346 e. The Kier molecular flexibility index (Phi) is 3.09. The van der Waals surface area contributed by atoms with Crippen molar-refractivity contribution in [2.24, 2.45) is 5.11 Å². The van der Waals surface area contributed by atoms with E-state index in [2.05, 4.69) is 5.11 Å². The van der Waals surface area contributed by atoms with Crippen molar-refractivity contribution in [3.63, 3.8) is 0 Å². The lowest BCUT2D eigenvalue weighted by atomic mass is 9.96. The maximum absolute atomic E-state index is 11.9. The van der Waals surface area contributed by atoms with Gasteiger partial charge in [0.15, 0.2) is 5.75 Å². The van der Waals surface area contributed by atoms with E-state index in [4.69, 9.17) is 15.0 Å². The summed E-state index contributed by atoms with van der Waals surface area (Å²) in [5, 5.41) is 4.56. The minimum Gasteiger partial charge on any atom is -0.454 e. The molecule has 3 aromatic rings. The molecule has 0 saturated heterocycles. The molecule has 1 aliphatic heterocycles. The molecule has 1 aliphatic rings. The number of carbonyl (C=O) groups excluding carboxylic acids is 2. The summed E-state index contributed by atoms with van der Waals surface area (Å²) < 4.78 is 10.6. The standard InChI is InChI=1S/C18H10N2O4/c19-20-13-6-1-2-7-15(13)23-14-9-8-12-16-10(14)4-3-5-11(16)17(21)24-18(12)22/h1-9,19H. The second-order valence-corrected chi connectivity index (χ2v) is 5.20. The van der Waals surface area contributed by atoms with Crippen LogP contribution in [0.15, 0.2) is 59.7 Å². The zero-order chi connectivity index (χ0) is 16.7. The Morgan fingerprint density at radius 1 is 0.833 bits per heavy atom. The summed E-state index contributed by atoms with van der Waals surface area (Å²) in [6, 6.07) is 15.2. The molecule has 24 heavy (non-hydrogen) atoms. The van der Waals surface area contributed by atoms with Crippen LogP contribution in [0.1, 0.15) is 20.7 Å². The van der Waals surface area contributed by atoms with Crippen LogP contribution in [0.5, 0.6) is 11.5 Å². The summed E-state index contributed by atoms with van der Waals surface area (Å²) >= 11 is 0. The number of rotatable bonds is 3. The van der Waals surface area contributed by atoms with Gasteiger partial charge in [0.05, 0.1) is 11.1 Å². The van der Waals surface area contributed by atoms with Crippen LogP contribution in [0.3, 0.4) is 0 Å². The zero-order valence-corrected chi connectivity index (χ0v) is 12.3. The maximum Gasteiger partial charge on any atom is 0.346 e. The Morgan fingerprint density at radius 2 is 1.58 bits per heavy atom.